The molecular weight excluding hydrogens is 156 g/mol. The number of likely N-dealkylation sites (N-methyl/N-ethyl adjacent to an activating group) is 1. The van der Waals surface area contributed by atoms with Gasteiger partial charge in [0.2, 0.25) is 0 Å². The van der Waals surface area contributed by atoms with E-state index in [2.05, 4.69) is 4.90 Å². The largest absolute Gasteiger partial charge is 0.378 e. The Morgan fingerprint density at radius 1 is 0.917 bits per heavy atom. The number of hydrogen-bond donors (Lipinski definition) is 0. The number of hydroxylamine groups is 2. The summed E-state index contributed by atoms with van der Waals surface area (Å²) in [6.07, 6.45) is 0. The summed E-state index contributed by atoms with van der Waals surface area (Å²) in [5.74, 6) is 0. The van der Waals surface area contributed by atoms with E-state index in [-0.39, 0.29) is 0 Å². The molecule has 0 heterocycles. The van der Waals surface area contributed by atoms with E-state index in [1.807, 2.05) is 28.2 Å². The molecule has 0 fully saturated rings. The van der Waals surface area contributed by atoms with Crippen molar-refractivity contribution in [3.05, 3.63) is 0 Å². The van der Waals surface area contributed by atoms with Crippen LogP contribution in [-0.4, -0.2) is 64.5 Å². The van der Waals surface area contributed by atoms with Gasteiger partial charge in [-0.1, -0.05) is 0 Å². The molecule has 4 nitrogen and oxygen atoms in total. The van der Waals surface area contributed by atoms with Crippen molar-refractivity contribution in [2.24, 2.45) is 0 Å². The molecule has 0 saturated heterocycles. The SMILES string of the molecule is CN(C)CCOCCON(C)C. The first-order chi connectivity index (χ1) is 5.63. The second kappa shape index (κ2) is 7.49. The van der Waals surface area contributed by atoms with Crippen LogP contribution in [0.4, 0.5) is 0 Å². The van der Waals surface area contributed by atoms with Crippen LogP contribution in [0.2, 0.25) is 0 Å². The average molecular weight is 176 g/mol. The summed E-state index contributed by atoms with van der Waals surface area (Å²) in [6.45, 7) is 3.01. The molecule has 0 unspecified atom stereocenters. The highest BCUT2D eigenvalue weighted by molar-refractivity contribution is 4.39. The third-order valence-electron chi connectivity index (χ3n) is 1.26. The van der Waals surface area contributed by atoms with Gasteiger partial charge in [-0.05, 0) is 14.1 Å². The van der Waals surface area contributed by atoms with Gasteiger partial charge in [-0.2, -0.15) is 5.06 Å². The summed E-state index contributed by atoms with van der Waals surface area (Å²) in [6, 6.07) is 0. The molecule has 0 N–H and O–H groups in total. The molecule has 0 bridgehead atoms. The molecule has 12 heavy (non-hydrogen) atoms. The van der Waals surface area contributed by atoms with Crippen LogP contribution < -0.4 is 0 Å². The first kappa shape index (κ1) is 11.8. The first-order valence-electron chi connectivity index (χ1n) is 4.15. The van der Waals surface area contributed by atoms with Gasteiger partial charge in [-0.15, -0.1) is 0 Å². The summed E-state index contributed by atoms with van der Waals surface area (Å²) in [7, 11) is 7.78. The van der Waals surface area contributed by atoms with Crippen molar-refractivity contribution in [3.63, 3.8) is 0 Å². The van der Waals surface area contributed by atoms with Crippen LogP contribution in [-0.2, 0) is 9.57 Å². The van der Waals surface area contributed by atoms with Gasteiger partial charge in [0.15, 0.2) is 0 Å². The fourth-order valence-corrected chi connectivity index (χ4v) is 0.628. The molecule has 0 aliphatic carbocycles. The molecule has 0 aromatic carbocycles. The predicted octanol–water partition coefficient (Wildman–Crippen LogP) is 0.0578. The first-order valence-corrected chi connectivity index (χ1v) is 4.15. The molecule has 0 saturated carbocycles. The van der Waals surface area contributed by atoms with Gasteiger partial charge in [-0.25, -0.2) is 0 Å². The van der Waals surface area contributed by atoms with E-state index in [1.165, 1.54) is 0 Å². The molecule has 4 heteroatoms. The van der Waals surface area contributed by atoms with E-state index in [4.69, 9.17) is 9.57 Å². The summed E-state index contributed by atoms with van der Waals surface area (Å²) in [5.41, 5.74) is 0. The topological polar surface area (TPSA) is 24.9 Å². The molecule has 0 aliphatic heterocycles. The second-order valence-corrected chi connectivity index (χ2v) is 3.06. The quantitative estimate of drug-likeness (QED) is 0.404. The van der Waals surface area contributed by atoms with E-state index in [0.717, 1.165) is 13.2 Å². The molecule has 0 aromatic rings. The van der Waals surface area contributed by atoms with Crippen molar-refractivity contribution in [2.45, 2.75) is 0 Å². The van der Waals surface area contributed by atoms with Crippen LogP contribution in [0.5, 0.6) is 0 Å². The molecular formula is C8H20N2O2. The minimum absolute atomic E-state index is 0.625. The number of nitrogens with zero attached hydrogens (tertiary/aromatic N) is 2. The maximum atomic E-state index is 5.30. The third-order valence-corrected chi connectivity index (χ3v) is 1.26. The van der Waals surface area contributed by atoms with Gasteiger partial charge in [0.25, 0.3) is 0 Å². The Labute approximate surface area is 75.0 Å². The Balaban J connectivity index is 2.91. The highest BCUT2D eigenvalue weighted by atomic mass is 16.7. The number of hydrogen-bond acceptors (Lipinski definition) is 4. The molecule has 0 radical (unpaired) electrons. The zero-order valence-corrected chi connectivity index (χ0v) is 8.54. The zero-order valence-electron chi connectivity index (χ0n) is 8.54. The van der Waals surface area contributed by atoms with Crippen LogP contribution in [0, 0.1) is 0 Å². The fourth-order valence-electron chi connectivity index (χ4n) is 0.628. The van der Waals surface area contributed by atoms with Gasteiger partial charge in [0.05, 0.1) is 19.8 Å². The van der Waals surface area contributed by atoms with Crippen LogP contribution >= 0.6 is 0 Å². The van der Waals surface area contributed by atoms with Gasteiger partial charge >= 0.3 is 0 Å². The van der Waals surface area contributed by atoms with Crippen molar-refractivity contribution in [3.8, 4) is 0 Å². The Morgan fingerprint density at radius 3 is 2.08 bits per heavy atom. The Bertz CT molecular complexity index is 85.1. The van der Waals surface area contributed by atoms with Gasteiger partial charge < -0.3 is 9.64 Å². The van der Waals surface area contributed by atoms with Crippen molar-refractivity contribution in [2.75, 3.05) is 54.6 Å². The Hall–Kier alpha value is -0.160. The standard InChI is InChI=1S/C8H20N2O2/c1-9(2)5-6-11-7-8-12-10(3)4/h5-8H2,1-4H3. The zero-order chi connectivity index (χ0) is 9.40. The lowest BCUT2D eigenvalue weighted by atomic mass is 10.6. The van der Waals surface area contributed by atoms with Gasteiger partial charge in [-0.3, -0.25) is 4.84 Å². The van der Waals surface area contributed by atoms with Crippen molar-refractivity contribution < 1.29 is 9.57 Å². The molecule has 0 aliphatic rings. The number of ether oxygens (including phenoxy) is 1. The smallest absolute Gasteiger partial charge is 0.0918 e. The lowest BCUT2D eigenvalue weighted by Crippen LogP contribution is -2.21. The maximum Gasteiger partial charge on any atom is 0.0918 e. The molecule has 0 aromatic heterocycles. The van der Waals surface area contributed by atoms with Gasteiger partial charge in [0, 0.05) is 20.6 Å². The van der Waals surface area contributed by atoms with Crippen LogP contribution in [0.3, 0.4) is 0 Å². The van der Waals surface area contributed by atoms with Crippen molar-refractivity contribution in [1.82, 2.24) is 9.96 Å². The second-order valence-electron chi connectivity index (χ2n) is 3.06. The predicted molar refractivity (Wildman–Crippen MR) is 49.0 cm³/mol. The van der Waals surface area contributed by atoms with E-state index >= 15 is 0 Å². The minimum Gasteiger partial charge on any atom is -0.378 e. The normalized spacial score (nSPS) is 11.5. The fraction of sp³-hybridized carbons (Fsp3) is 1.00. The van der Waals surface area contributed by atoms with Gasteiger partial charge in [0.1, 0.15) is 0 Å². The van der Waals surface area contributed by atoms with E-state index < -0.39 is 0 Å². The van der Waals surface area contributed by atoms with Crippen LogP contribution in [0.25, 0.3) is 0 Å². The maximum absolute atomic E-state index is 5.30. The Kier molecular flexibility index (Phi) is 7.39. The lowest BCUT2D eigenvalue weighted by Gasteiger charge is -2.12. The highest BCUT2D eigenvalue weighted by Gasteiger charge is 1.92. The molecule has 0 atom stereocenters. The number of rotatable bonds is 7. The Morgan fingerprint density at radius 2 is 1.58 bits per heavy atom. The summed E-state index contributed by atoms with van der Waals surface area (Å²) < 4.78 is 5.30. The minimum atomic E-state index is 0.625. The van der Waals surface area contributed by atoms with E-state index in [9.17, 15) is 0 Å². The van der Waals surface area contributed by atoms with Crippen LogP contribution in [0.15, 0.2) is 0 Å². The molecule has 0 rings (SSSR count). The summed E-state index contributed by atoms with van der Waals surface area (Å²) >= 11 is 0. The summed E-state index contributed by atoms with van der Waals surface area (Å²) in [4.78, 5) is 7.23. The highest BCUT2D eigenvalue weighted by Crippen LogP contribution is 1.82. The lowest BCUT2D eigenvalue weighted by molar-refractivity contribution is -0.134. The third kappa shape index (κ3) is 9.84. The average Bonchev–Trinajstić information content (AvgIpc) is 1.95. The van der Waals surface area contributed by atoms with Crippen molar-refractivity contribution >= 4 is 0 Å². The molecule has 74 valence electrons. The van der Waals surface area contributed by atoms with E-state index in [0.29, 0.717) is 13.2 Å². The molecule has 0 amide bonds. The van der Waals surface area contributed by atoms with Crippen LogP contribution in [0.1, 0.15) is 0 Å². The summed E-state index contributed by atoms with van der Waals surface area (Å²) in [5, 5.41) is 1.68. The molecule has 0 spiro atoms. The monoisotopic (exact) mass is 176 g/mol. The van der Waals surface area contributed by atoms with Crippen molar-refractivity contribution in [1.29, 1.82) is 0 Å². The van der Waals surface area contributed by atoms with E-state index in [1.54, 1.807) is 5.06 Å².